The highest BCUT2D eigenvalue weighted by atomic mass is 19.1. The molecular weight excluding hydrogens is 347 g/mol. The fourth-order valence-corrected chi connectivity index (χ4v) is 3.47. The molecule has 0 bridgehead atoms. The van der Waals surface area contributed by atoms with Gasteiger partial charge in [-0.15, -0.1) is 0 Å². The highest BCUT2D eigenvalue weighted by molar-refractivity contribution is 5.82. The molecule has 0 saturated carbocycles. The Kier molecular flexibility index (Phi) is 4.58. The quantitative estimate of drug-likeness (QED) is 0.768. The summed E-state index contributed by atoms with van der Waals surface area (Å²) in [5.41, 5.74) is 1.84. The van der Waals surface area contributed by atoms with E-state index in [-0.39, 0.29) is 11.2 Å². The lowest BCUT2D eigenvalue weighted by molar-refractivity contribution is 0.386. The van der Waals surface area contributed by atoms with Crippen LogP contribution in [0.15, 0.2) is 51.7 Å². The molecule has 0 spiro atoms. The Morgan fingerprint density at radius 2 is 2.07 bits per heavy atom. The van der Waals surface area contributed by atoms with Crippen molar-refractivity contribution in [2.45, 2.75) is 13.0 Å². The van der Waals surface area contributed by atoms with E-state index in [0.29, 0.717) is 28.3 Å². The smallest absolute Gasteiger partial charge is 0.193 e. The molecule has 1 saturated heterocycles. The van der Waals surface area contributed by atoms with Gasteiger partial charge in [0, 0.05) is 43.0 Å². The number of fused-ring (bicyclic) bond motifs is 1. The van der Waals surface area contributed by atoms with Gasteiger partial charge in [0.1, 0.15) is 11.3 Å². The molecule has 1 atom stereocenters. The maximum absolute atomic E-state index is 14.0. The lowest BCUT2D eigenvalue weighted by Crippen LogP contribution is -2.49. The van der Waals surface area contributed by atoms with Gasteiger partial charge in [0.15, 0.2) is 17.0 Å². The summed E-state index contributed by atoms with van der Waals surface area (Å²) in [7, 11) is 1.41. The molecule has 1 N–H and O–H groups in total. The van der Waals surface area contributed by atoms with Gasteiger partial charge in [-0.05, 0) is 43.3 Å². The van der Waals surface area contributed by atoms with Crippen LogP contribution in [-0.4, -0.2) is 32.8 Å². The molecule has 0 amide bonds. The van der Waals surface area contributed by atoms with Gasteiger partial charge in [0.2, 0.25) is 0 Å². The molecular formula is C21H21FN2O3. The molecule has 2 aromatic carbocycles. The van der Waals surface area contributed by atoms with Gasteiger partial charge in [-0.3, -0.25) is 4.79 Å². The van der Waals surface area contributed by atoms with Gasteiger partial charge in [-0.2, -0.15) is 0 Å². The summed E-state index contributed by atoms with van der Waals surface area (Å²) >= 11 is 0. The van der Waals surface area contributed by atoms with Crippen molar-refractivity contribution in [2.24, 2.45) is 0 Å². The molecule has 3 aromatic rings. The maximum atomic E-state index is 14.0. The van der Waals surface area contributed by atoms with Crippen molar-refractivity contribution in [3.8, 4) is 17.1 Å². The average Bonchev–Trinajstić information content (AvgIpc) is 2.67. The van der Waals surface area contributed by atoms with Crippen LogP contribution >= 0.6 is 0 Å². The number of rotatable bonds is 3. The van der Waals surface area contributed by atoms with Crippen molar-refractivity contribution in [1.82, 2.24) is 5.32 Å². The van der Waals surface area contributed by atoms with Crippen molar-refractivity contribution in [3.05, 3.63) is 58.5 Å². The highest BCUT2D eigenvalue weighted by Gasteiger charge is 2.17. The molecule has 1 aliphatic heterocycles. The molecule has 5 nitrogen and oxygen atoms in total. The standard InChI is InChI=1S/C21H21FN2O3/c1-13-12-24(8-7-23-13)15-4-6-19-16(10-15)18(25)11-21(27-19)14-3-5-20(26-2)17(22)9-14/h3-6,9-11,13,23H,7-8,12H2,1-2H3. The van der Waals surface area contributed by atoms with E-state index in [1.54, 1.807) is 6.07 Å². The predicted molar refractivity (Wildman–Crippen MR) is 104 cm³/mol. The maximum Gasteiger partial charge on any atom is 0.193 e. The number of ether oxygens (including phenoxy) is 1. The van der Waals surface area contributed by atoms with Crippen molar-refractivity contribution in [2.75, 3.05) is 31.6 Å². The minimum atomic E-state index is -0.499. The van der Waals surface area contributed by atoms with E-state index in [9.17, 15) is 9.18 Å². The number of hydrogen-bond donors (Lipinski definition) is 1. The lowest BCUT2D eigenvalue weighted by Gasteiger charge is -2.33. The first-order valence-corrected chi connectivity index (χ1v) is 8.95. The Morgan fingerprint density at radius 1 is 1.22 bits per heavy atom. The number of methoxy groups -OCH3 is 1. The van der Waals surface area contributed by atoms with Crippen LogP contribution in [0.5, 0.6) is 5.75 Å². The summed E-state index contributed by atoms with van der Waals surface area (Å²) in [6.45, 7) is 4.84. The summed E-state index contributed by atoms with van der Waals surface area (Å²) in [5, 5.41) is 3.93. The fourth-order valence-electron chi connectivity index (χ4n) is 3.47. The molecule has 1 unspecified atom stereocenters. The van der Waals surface area contributed by atoms with Crippen LogP contribution in [0.25, 0.3) is 22.3 Å². The first-order valence-electron chi connectivity index (χ1n) is 8.95. The molecule has 1 aromatic heterocycles. The number of nitrogens with one attached hydrogen (secondary N) is 1. The lowest BCUT2D eigenvalue weighted by atomic mass is 10.1. The average molecular weight is 368 g/mol. The minimum Gasteiger partial charge on any atom is -0.494 e. The van der Waals surface area contributed by atoms with Crippen LogP contribution in [0.3, 0.4) is 0 Å². The van der Waals surface area contributed by atoms with Crippen molar-refractivity contribution in [1.29, 1.82) is 0 Å². The van der Waals surface area contributed by atoms with Gasteiger partial charge in [0.05, 0.1) is 12.5 Å². The molecule has 0 aliphatic carbocycles. The van der Waals surface area contributed by atoms with Crippen molar-refractivity contribution in [3.63, 3.8) is 0 Å². The predicted octanol–water partition coefficient (Wildman–Crippen LogP) is 3.41. The second-order valence-corrected chi connectivity index (χ2v) is 6.81. The van der Waals surface area contributed by atoms with Crippen molar-refractivity contribution < 1.29 is 13.5 Å². The van der Waals surface area contributed by atoms with Gasteiger partial charge in [0.25, 0.3) is 0 Å². The molecule has 2 heterocycles. The van der Waals surface area contributed by atoms with Gasteiger partial charge < -0.3 is 19.4 Å². The van der Waals surface area contributed by atoms with E-state index in [0.717, 1.165) is 25.3 Å². The molecule has 4 rings (SSSR count). The third-order valence-electron chi connectivity index (χ3n) is 4.88. The largest absolute Gasteiger partial charge is 0.494 e. The third-order valence-corrected chi connectivity index (χ3v) is 4.88. The molecule has 0 radical (unpaired) electrons. The minimum absolute atomic E-state index is 0.146. The molecule has 27 heavy (non-hydrogen) atoms. The first-order chi connectivity index (χ1) is 13.0. The van der Waals surface area contributed by atoms with Crippen molar-refractivity contribution >= 4 is 16.7 Å². The zero-order chi connectivity index (χ0) is 19.0. The molecule has 1 aliphatic rings. The van der Waals surface area contributed by atoms with E-state index in [1.165, 1.54) is 25.3 Å². The summed E-state index contributed by atoms with van der Waals surface area (Å²) < 4.78 is 24.8. The number of nitrogens with zero attached hydrogens (tertiary/aromatic N) is 1. The monoisotopic (exact) mass is 368 g/mol. The van der Waals surface area contributed by atoms with Gasteiger partial charge in [-0.1, -0.05) is 0 Å². The van der Waals surface area contributed by atoms with Gasteiger partial charge in [-0.25, -0.2) is 4.39 Å². The summed E-state index contributed by atoms with van der Waals surface area (Å²) in [6.07, 6.45) is 0. The molecule has 140 valence electrons. The third kappa shape index (κ3) is 3.40. The van der Waals surface area contributed by atoms with Crippen LogP contribution in [0.4, 0.5) is 10.1 Å². The normalized spacial score (nSPS) is 17.3. The fraction of sp³-hybridized carbons (Fsp3) is 0.286. The first kappa shape index (κ1) is 17.5. The number of halogens is 1. The second-order valence-electron chi connectivity index (χ2n) is 6.81. The number of anilines is 1. The molecule has 1 fully saturated rings. The Labute approximate surface area is 156 Å². The Balaban J connectivity index is 1.73. The zero-order valence-corrected chi connectivity index (χ0v) is 15.3. The van der Waals surface area contributed by atoms with E-state index >= 15 is 0 Å². The van der Waals surface area contributed by atoms with E-state index in [4.69, 9.17) is 9.15 Å². The summed E-state index contributed by atoms with van der Waals surface area (Å²) in [5.74, 6) is -0.0182. The van der Waals surface area contributed by atoms with E-state index in [1.807, 2.05) is 18.2 Å². The Morgan fingerprint density at radius 3 is 2.81 bits per heavy atom. The van der Waals surface area contributed by atoms with Crippen LogP contribution in [0.2, 0.25) is 0 Å². The van der Waals surface area contributed by atoms with Crippen LogP contribution in [0, 0.1) is 5.82 Å². The second kappa shape index (κ2) is 7.04. The van der Waals surface area contributed by atoms with Crippen LogP contribution in [0.1, 0.15) is 6.92 Å². The Bertz CT molecular complexity index is 1050. The zero-order valence-electron chi connectivity index (χ0n) is 15.3. The van der Waals surface area contributed by atoms with E-state index < -0.39 is 5.82 Å². The SMILES string of the molecule is COc1ccc(-c2cc(=O)c3cc(N4CCNC(C)C4)ccc3o2)cc1F. The topological polar surface area (TPSA) is 54.7 Å². The number of hydrogen-bond acceptors (Lipinski definition) is 5. The Hall–Kier alpha value is -2.86. The van der Waals surface area contributed by atoms with Crippen LogP contribution < -0.4 is 20.4 Å². The number of benzene rings is 2. The van der Waals surface area contributed by atoms with Gasteiger partial charge >= 0.3 is 0 Å². The highest BCUT2D eigenvalue weighted by Crippen LogP contribution is 2.28. The summed E-state index contributed by atoms with van der Waals surface area (Å²) in [6, 6.07) is 11.9. The van der Waals surface area contributed by atoms with Crippen LogP contribution in [-0.2, 0) is 0 Å². The van der Waals surface area contributed by atoms with E-state index in [2.05, 4.69) is 17.1 Å². The number of piperazine rings is 1. The molecule has 6 heteroatoms. The summed E-state index contributed by atoms with van der Waals surface area (Å²) in [4.78, 5) is 14.9.